The Morgan fingerprint density at radius 2 is 2.04 bits per heavy atom. The third-order valence-electron chi connectivity index (χ3n) is 3.48. The van der Waals surface area contributed by atoms with Gasteiger partial charge in [-0.3, -0.25) is 4.79 Å². The van der Waals surface area contributed by atoms with Crippen molar-refractivity contribution in [2.75, 3.05) is 6.54 Å². The molecule has 23 heavy (non-hydrogen) atoms. The average Bonchev–Trinajstić information content (AvgIpc) is 3.26. The Bertz CT molecular complexity index is 712. The van der Waals surface area contributed by atoms with Crippen molar-refractivity contribution in [2.24, 2.45) is 0 Å². The van der Waals surface area contributed by atoms with Gasteiger partial charge in [0.25, 0.3) is 0 Å². The Morgan fingerprint density at radius 3 is 2.74 bits per heavy atom. The Balaban J connectivity index is 1.66. The largest absolute Gasteiger partial charge is 0.336 e. The second-order valence-corrected chi connectivity index (χ2v) is 6.17. The van der Waals surface area contributed by atoms with Crippen LogP contribution in [0.2, 0.25) is 0 Å². The lowest BCUT2D eigenvalue weighted by Crippen LogP contribution is -2.35. The summed E-state index contributed by atoms with van der Waals surface area (Å²) in [6, 6.07) is 14.2. The summed E-state index contributed by atoms with van der Waals surface area (Å²) in [6.07, 6.45) is 2.28. The minimum atomic E-state index is 0.0154. The van der Waals surface area contributed by atoms with Gasteiger partial charge < -0.3 is 4.90 Å². The lowest BCUT2D eigenvalue weighted by atomic mass is 10.1. The zero-order chi connectivity index (χ0) is 15.9. The van der Waals surface area contributed by atoms with Crippen molar-refractivity contribution in [2.45, 2.75) is 19.5 Å². The van der Waals surface area contributed by atoms with E-state index >= 15 is 0 Å². The lowest BCUT2D eigenvalue weighted by molar-refractivity contribution is -0.132. The number of carbonyl (C=O) groups is 1. The molecule has 0 spiro atoms. The van der Waals surface area contributed by atoms with E-state index < -0.39 is 0 Å². The molecule has 0 fully saturated rings. The van der Waals surface area contributed by atoms with Crippen molar-refractivity contribution in [3.8, 4) is 0 Å². The van der Waals surface area contributed by atoms with Crippen LogP contribution in [0, 0.1) is 0 Å². The fourth-order valence-corrected chi connectivity index (χ4v) is 3.00. The number of hydrogen-bond acceptors (Lipinski definition) is 5. The Labute approximate surface area is 138 Å². The summed E-state index contributed by atoms with van der Waals surface area (Å²) in [7, 11) is 0. The highest BCUT2D eigenvalue weighted by atomic mass is 32.1. The first kappa shape index (κ1) is 15.4. The fourth-order valence-electron chi connectivity index (χ4n) is 2.28. The minimum absolute atomic E-state index is 0.0154. The number of nitrogens with zero attached hydrogens (tertiary/aromatic N) is 5. The standard InChI is InChI=1S/C16H17N5OS/c22-16(12-21-13-17-18-19-21)20(11-15-7-4-10-23-15)9-8-14-5-2-1-3-6-14/h1-7,10,13H,8-9,11-12H2. The Morgan fingerprint density at radius 1 is 1.17 bits per heavy atom. The molecule has 2 aromatic heterocycles. The molecule has 0 unspecified atom stereocenters. The van der Waals surface area contributed by atoms with E-state index in [0.29, 0.717) is 13.1 Å². The van der Waals surface area contributed by atoms with Crippen LogP contribution in [0.3, 0.4) is 0 Å². The molecule has 0 N–H and O–H groups in total. The summed E-state index contributed by atoms with van der Waals surface area (Å²) >= 11 is 1.66. The van der Waals surface area contributed by atoms with Gasteiger partial charge in [-0.15, -0.1) is 16.4 Å². The average molecular weight is 327 g/mol. The second-order valence-electron chi connectivity index (χ2n) is 5.14. The van der Waals surface area contributed by atoms with E-state index in [1.165, 1.54) is 21.4 Å². The molecule has 0 saturated carbocycles. The van der Waals surface area contributed by atoms with Crippen LogP contribution in [-0.4, -0.2) is 37.6 Å². The molecule has 0 aliphatic carbocycles. The van der Waals surface area contributed by atoms with Crippen LogP contribution in [0.1, 0.15) is 10.4 Å². The Hall–Kier alpha value is -2.54. The number of amides is 1. The summed E-state index contributed by atoms with van der Waals surface area (Å²) in [6.45, 7) is 1.45. The third-order valence-corrected chi connectivity index (χ3v) is 4.34. The highest BCUT2D eigenvalue weighted by Gasteiger charge is 2.15. The van der Waals surface area contributed by atoms with E-state index in [-0.39, 0.29) is 12.5 Å². The molecule has 1 amide bonds. The minimum Gasteiger partial charge on any atom is -0.336 e. The monoisotopic (exact) mass is 327 g/mol. The maximum absolute atomic E-state index is 12.6. The van der Waals surface area contributed by atoms with Crippen molar-refractivity contribution in [1.29, 1.82) is 0 Å². The summed E-state index contributed by atoms with van der Waals surface area (Å²) < 4.78 is 1.45. The fraction of sp³-hybridized carbons (Fsp3) is 0.250. The molecule has 0 aliphatic rings. The van der Waals surface area contributed by atoms with Crippen LogP contribution < -0.4 is 0 Å². The molecule has 3 rings (SSSR count). The van der Waals surface area contributed by atoms with Crippen molar-refractivity contribution >= 4 is 17.2 Å². The van der Waals surface area contributed by atoms with Crippen LogP contribution in [0.5, 0.6) is 0 Å². The summed E-state index contributed by atoms with van der Waals surface area (Å²) in [5.41, 5.74) is 1.22. The summed E-state index contributed by atoms with van der Waals surface area (Å²) in [5, 5.41) is 12.9. The maximum atomic E-state index is 12.6. The SMILES string of the molecule is O=C(Cn1cnnn1)N(CCc1ccccc1)Cc1cccs1. The zero-order valence-electron chi connectivity index (χ0n) is 12.6. The molecule has 0 bridgehead atoms. The molecule has 6 nitrogen and oxygen atoms in total. The number of thiophene rings is 1. The van der Waals surface area contributed by atoms with Crippen LogP contribution in [-0.2, 0) is 24.3 Å². The van der Waals surface area contributed by atoms with Gasteiger partial charge >= 0.3 is 0 Å². The molecule has 0 atom stereocenters. The van der Waals surface area contributed by atoms with Gasteiger partial charge in [0.2, 0.25) is 5.91 Å². The number of aromatic nitrogens is 4. The van der Waals surface area contributed by atoms with Gasteiger partial charge in [0, 0.05) is 11.4 Å². The zero-order valence-corrected chi connectivity index (χ0v) is 13.4. The van der Waals surface area contributed by atoms with Crippen LogP contribution in [0.25, 0.3) is 0 Å². The van der Waals surface area contributed by atoms with Crippen LogP contribution >= 0.6 is 11.3 Å². The van der Waals surface area contributed by atoms with Gasteiger partial charge in [-0.25, -0.2) is 4.68 Å². The van der Waals surface area contributed by atoms with Gasteiger partial charge in [-0.05, 0) is 33.9 Å². The first-order chi connectivity index (χ1) is 11.3. The second kappa shape index (κ2) is 7.64. The smallest absolute Gasteiger partial charge is 0.244 e. The van der Waals surface area contributed by atoms with E-state index in [2.05, 4.69) is 27.7 Å². The van der Waals surface area contributed by atoms with Crippen molar-refractivity contribution in [3.05, 3.63) is 64.6 Å². The number of rotatable bonds is 7. The Kier molecular flexibility index (Phi) is 5.10. The lowest BCUT2D eigenvalue weighted by Gasteiger charge is -2.22. The number of benzene rings is 1. The number of tetrazole rings is 1. The van der Waals surface area contributed by atoms with E-state index in [4.69, 9.17) is 0 Å². The molecule has 2 heterocycles. The van der Waals surface area contributed by atoms with Gasteiger partial charge in [0.15, 0.2) is 0 Å². The molecular formula is C16H17N5OS. The molecule has 3 aromatic rings. The summed E-state index contributed by atoms with van der Waals surface area (Å²) in [5.74, 6) is 0.0154. The molecule has 7 heteroatoms. The first-order valence-corrected chi connectivity index (χ1v) is 8.24. The molecule has 0 aliphatic heterocycles. The first-order valence-electron chi connectivity index (χ1n) is 7.36. The summed E-state index contributed by atoms with van der Waals surface area (Å²) in [4.78, 5) is 15.6. The highest BCUT2D eigenvalue weighted by Crippen LogP contribution is 2.13. The van der Waals surface area contributed by atoms with E-state index in [1.54, 1.807) is 11.3 Å². The van der Waals surface area contributed by atoms with E-state index in [1.807, 2.05) is 40.6 Å². The van der Waals surface area contributed by atoms with Gasteiger partial charge in [-0.1, -0.05) is 36.4 Å². The van der Waals surface area contributed by atoms with Crippen molar-refractivity contribution in [3.63, 3.8) is 0 Å². The molecule has 0 radical (unpaired) electrons. The van der Waals surface area contributed by atoms with Gasteiger partial charge in [-0.2, -0.15) is 0 Å². The van der Waals surface area contributed by atoms with Crippen molar-refractivity contribution < 1.29 is 4.79 Å². The molecule has 118 valence electrons. The van der Waals surface area contributed by atoms with Crippen molar-refractivity contribution in [1.82, 2.24) is 25.1 Å². The highest BCUT2D eigenvalue weighted by molar-refractivity contribution is 7.09. The predicted molar refractivity (Wildman–Crippen MR) is 87.7 cm³/mol. The van der Waals surface area contributed by atoms with Gasteiger partial charge in [0.1, 0.15) is 12.9 Å². The predicted octanol–water partition coefficient (Wildman–Crippen LogP) is 2.01. The third kappa shape index (κ3) is 4.46. The van der Waals surface area contributed by atoms with Gasteiger partial charge in [0.05, 0.1) is 6.54 Å². The van der Waals surface area contributed by atoms with Crippen LogP contribution in [0.15, 0.2) is 54.2 Å². The van der Waals surface area contributed by atoms with E-state index in [9.17, 15) is 4.79 Å². The van der Waals surface area contributed by atoms with Crippen LogP contribution in [0.4, 0.5) is 0 Å². The molecule has 0 saturated heterocycles. The topological polar surface area (TPSA) is 63.9 Å². The molecular weight excluding hydrogens is 310 g/mol. The number of hydrogen-bond donors (Lipinski definition) is 0. The maximum Gasteiger partial charge on any atom is 0.244 e. The normalized spacial score (nSPS) is 10.6. The van der Waals surface area contributed by atoms with E-state index in [0.717, 1.165) is 6.42 Å². The quantitative estimate of drug-likeness (QED) is 0.666. The number of carbonyl (C=O) groups excluding carboxylic acids is 1. The molecule has 1 aromatic carbocycles.